The molecule has 0 bridgehead atoms. The smallest absolute Gasteiger partial charge is 0.416 e. The Balaban J connectivity index is 2.46. The fourth-order valence-corrected chi connectivity index (χ4v) is 5.28. The van der Waals surface area contributed by atoms with Gasteiger partial charge in [0, 0.05) is 18.4 Å². The van der Waals surface area contributed by atoms with Crippen molar-refractivity contribution >= 4 is 5.97 Å². The highest BCUT2D eigenvalue weighted by Crippen LogP contribution is 2.42. The van der Waals surface area contributed by atoms with Gasteiger partial charge in [-0.3, -0.25) is 9.69 Å². The largest absolute Gasteiger partial charge is 0.463 e. The van der Waals surface area contributed by atoms with Crippen molar-refractivity contribution in [1.29, 1.82) is 0 Å². The van der Waals surface area contributed by atoms with Crippen LogP contribution in [0.2, 0.25) is 0 Å². The molecule has 35 heavy (non-hydrogen) atoms. The SMILES string of the molecule is CC(C)CCN(CCC(C)C)[C@H]1CCCC[C@H](CC(=O)OC(C)C)[C@H]1c1ccc(C(F)(F)F)cc1. The molecule has 1 saturated carbocycles. The molecule has 0 amide bonds. The second-order valence-electron chi connectivity index (χ2n) is 11.4. The molecule has 3 nitrogen and oxygen atoms in total. The fraction of sp³-hybridized carbons (Fsp3) is 0.759. The third-order valence-electron chi connectivity index (χ3n) is 7.12. The first kappa shape index (κ1) is 29.7. The zero-order chi connectivity index (χ0) is 26.2. The van der Waals surface area contributed by atoms with Gasteiger partial charge in [0.1, 0.15) is 0 Å². The van der Waals surface area contributed by atoms with Gasteiger partial charge in [0.2, 0.25) is 0 Å². The average Bonchev–Trinajstić information content (AvgIpc) is 2.94. The molecule has 0 saturated heterocycles. The lowest BCUT2D eigenvalue weighted by Gasteiger charge is -2.40. The van der Waals surface area contributed by atoms with Gasteiger partial charge in [-0.2, -0.15) is 13.2 Å². The molecule has 1 aromatic carbocycles. The van der Waals surface area contributed by atoms with E-state index < -0.39 is 11.7 Å². The summed E-state index contributed by atoms with van der Waals surface area (Å²) in [6.07, 6.45) is 1.90. The van der Waals surface area contributed by atoms with E-state index >= 15 is 0 Å². The van der Waals surface area contributed by atoms with Crippen LogP contribution in [-0.4, -0.2) is 36.1 Å². The Labute approximate surface area is 210 Å². The summed E-state index contributed by atoms with van der Waals surface area (Å²) in [5.74, 6) is 0.982. The Hall–Kier alpha value is -1.56. The molecule has 0 aliphatic heterocycles. The van der Waals surface area contributed by atoms with E-state index in [0.717, 1.165) is 57.2 Å². The number of carbonyl (C=O) groups excluding carboxylic acids is 1. The number of esters is 1. The molecule has 0 spiro atoms. The van der Waals surface area contributed by atoms with E-state index in [1.54, 1.807) is 12.1 Å². The van der Waals surface area contributed by atoms with E-state index in [1.165, 1.54) is 12.1 Å². The Morgan fingerprint density at radius 2 is 1.49 bits per heavy atom. The van der Waals surface area contributed by atoms with Crippen molar-refractivity contribution in [2.45, 2.75) is 111 Å². The van der Waals surface area contributed by atoms with Gasteiger partial charge in [-0.1, -0.05) is 52.7 Å². The van der Waals surface area contributed by atoms with Gasteiger partial charge in [0.15, 0.2) is 0 Å². The number of ether oxygens (including phenoxy) is 1. The minimum absolute atomic E-state index is 0.00109. The molecule has 6 heteroatoms. The maximum atomic E-state index is 13.3. The molecule has 2 rings (SSSR count). The zero-order valence-electron chi connectivity index (χ0n) is 22.5. The number of alkyl halides is 3. The van der Waals surface area contributed by atoms with Crippen LogP contribution < -0.4 is 0 Å². The summed E-state index contributed by atoms with van der Waals surface area (Å²) in [6.45, 7) is 14.5. The van der Waals surface area contributed by atoms with Crippen LogP contribution in [0.5, 0.6) is 0 Å². The second kappa shape index (κ2) is 13.7. The van der Waals surface area contributed by atoms with Gasteiger partial charge >= 0.3 is 12.1 Å². The molecule has 1 aromatic rings. The molecule has 3 atom stereocenters. The number of nitrogens with zero attached hydrogens (tertiary/aromatic N) is 1. The summed E-state index contributed by atoms with van der Waals surface area (Å²) in [5, 5.41) is 0. The van der Waals surface area contributed by atoms with Crippen LogP contribution in [0.25, 0.3) is 0 Å². The van der Waals surface area contributed by atoms with E-state index in [2.05, 4.69) is 32.6 Å². The Morgan fingerprint density at radius 1 is 0.943 bits per heavy atom. The summed E-state index contributed by atoms with van der Waals surface area (Å²) in [4.78, 5) is 15.3. The molecule has 1 aliphatic carbocycles. The van der Waals surface area contributed by atoms with Gasteiger partial charge in [0.25, 0.3) is 0 Å². The Kier molecular flexibility index (Phi) is 11.6. The maximum absolute atomic E-state index is 13.3. The van der Waals surface area contributed by atoms with Crippen LogP contribution >= 0.6 is 0 Å². The van der Waals surface area contributed by atoms with Crippen molar-refractivity contribution in [3.63, 3.8) is 0 Å². The quantitative estimate of drug-likeness (QED) is 0.229. The third-order valence-corrected chi connectivity index (χ3v) is 7.12. The molecule has 0 unspecified atom stereocenters. The lowest BCUT2D eigenvalue weighted by molar-refractivity contribution is -0.149. The maximum Gasteiger partial charge on any atom is 0.416 e. The molecule has 200 valence electrons. The number of benzene rings is 1. The van der Waals surface area contributed by atoms with E-state index in [0.29, 0.717) is 18.3 Å². The van der Waals surface area contributed by atoms with Crippen molar-refractivity contribution in [3.05, 3.63) is 35.4 Å². The highest BCUT2D eigenvalue weighted by Gasteiger charge is 2.38. The summed E-state index contributed by atoms with van der Waals surface area (Å²) < 4.78 is 45.3. The number of hydrogen-bond donors (Lipinski definition) is 0. The average molecular weight is 498 g/mol. The van der Waals surface area contributed by atoms with Crippen molar-refractivity contribution in [1.82, 2.24) is 4.90 Å². The second-order valence-corrected chi connectivity index (χ2v) is 11.4. The molecular weight excluding hydrogens is 451 g/mol. The monoisotopic (exact) mass is 497 g/mol. The molecule has 0 heterocycles. The highest BCUT2D eigenvalue weighted by atomic mass is 19.4. The standard InChI is InChI=1S/C29H46F3NO2/c1-20(2)15-17-33(18-16-21(3)4)26-10-8-7-9-24(19-27(34)35-22(5)6)28(26)23-11-13-25(14-12-23)29(30,31)32/h11-14,20-22,24,26,28H,7-10,15-19H2,1-6H3/t24-,26+,28-/m1/s1. The lowest BCUT2D eigenvalue weighted by Crippen LogP contribution is -2.43. The Morgan fingerprint density at radius 3 is 1.97 bits per heavy atom. The number of halogens is 3. The number of rotatable bonds is 11. The third kappa shape index (κ3) is 9.78. The van der Waals surface area contributed by atoms with Gasteiger partial charge < -0.3 is 4.74 Å². The summed E-state index contributed by atoms with van der Waals surface area (Å²) >= 11 is 0. The molecule has 0 aromatic heterocycles. The number of hydrogen-bond acceptors (Lipinski definition) is 3. The summed E-state index contributed by atoms with van der Waals surface area (Å²) in [6, 6.07) is 5.90. The van der Waals surface area contributed by atoms with E-state index in [1.807, 2.05) is 13.8 Å². The van der Waals surface area contributed by atoms with E-state index in [4.69, 9.17) is 4.74 Å². The highest BCUT2D eigenvalue weighted by molar-refractivity contribution is 5.70. The van der Waals surface area contributed by atoms with Crippen LogP contribution in [0.15, 0.2) is 24.3 Å². The van der Waals surface area contributed by atoms with Crippen molar-refractivity contribution in [3.8, 4) is 0 Å². The van der Waals surface area contributed by atoms with Gasteiger partial charge in [0.05, 0.1) is 11.7 Å². The predicted octanol–water partition coefficient (Wildman–Crippen LogP) is 8.08. The Bertz CT molecular complexity index is 746. The lowest BCUT2D eigenvalue weighted by atomic mass is 9.77. The van der Waals surface area contributed by atoms with Crippen molar-refractivity contribution in [2.24, 2.45) is 17.8 Å². The molecule has 1 fully saturated rings. The normalized spacial score (nSPS) is 21.7. The minimum Gasteiger partial charge on any atom is -0.463 e. The van der Waals surface area contributed by atoms with Crippen LogP contribution in [0.1, 0.15) is 104 Å². The van der Waals surface area contributed by atoms with Crippen LogP contribution in [0, 0.1) is 17.8 Å². The first-order valence-corrected chi connectivity index (χ1v) is 13.5. The number of carbonyl (C=O) groups is 1. The first-order chi connectivity index (χ1) is 16.4. The molecule has 0 radical (unpaired) electrons. The van der Waals surface area contributed by atoms with Gasteiger partial charge in [-0.15, -0.1) is 0 Å². The first-order valence-electron chi connectivity index (χ1n) is 13.5. The fourth-order valence-electron chi connectivity index (χ4n) is 5.28. The molecule has 1 aliphatic rings. The summed E-state index contributed by atoms with van der Waals surface area (Å²) in [5.41, 5.74) is 0.282. The van der Waals surface area contributed by atoms with Crippen LogP contribution in [-0.2, 0) is 15.7 Å². The zero-order valence-corrected chi connectivity index (χ0v) is 22.5. The van der Waals surface area contributed by atoms with Crippen molar-refractivity contribution in [2.75, 3.05) is 13.1 Å². The van der Waals surface area contributed by atoms with Crippen molar-refractivity contribution < 1.29 is 22.7 Å². The van der Waals surface area contributed by atoms with Gasteiger partial charge in [-0.05, 0) is 88.1 Å². The van der Waals surface area contributed by atoms with E-state index in [9.17, 15) is 18.0 Å². The van der Waals surface area contributed by atoms with Gasteiger partial charge in [-0.25, -0.2) is 0 Å². The van der Waals surface area contributed by atoms with E-state index in [-0.39, 0.29) is 30.0 Å². The molecular formula is C29H46F3NO2. The minimum atomic E-state index is -4.36. The predicted molar refractivity (Wildman–Crippen MR) is 136 cm³/mol. The molecule has 0 N–H and O–H groups in total. The van der Waals surface area contributed by atoms with Crippen LogP contribution in [0.4, 0.5) is 13.2 Å². The van der Waals surface area contributed by atoms with Crippen LogP contribution in [0.3, 0.4) is 0 Å². The summed E-state index contributed by atoms with van der Waals surface area (Å²) in [7, 11) is 0. The topological polar surface area (TPSA) is 29.5 Å².